The fourth-order valence-corrected chi connectivity index (χ4v) is 1.96. The first-order valence-corrected chi connectivity index (χ1v) is 6.43. The molecule has 2 aromatic heterocycles. The van der Waals surface area contributed by atoms with Crippen molar-refractivity contribution in [3.63, 3.8) is 0 Å². The van der Waals surface area contributed by atoms with E-state index < -0.39 is 0 Å². The van der Waals surface area contributed by atoms with Gasteiger partial charge < -0.3 is 10.6 Å². The van der Waals surface area contributed by atoms with E-state index in [1.807, 2.05) is 19.2 Å². The summed E-state index contributed by atoms with van der Waals surface area (Å²) in [7, 11) is 0. The van der Waals surface area contributed by atoms with Crippen LogP contribution in [0.1, 0.15) is 17.7 Å². The summed E-state index contributed by atoms with van der Waals surface area (Å²) in [6, 6.07) is 4.01. The normalized spacial score (nSPS) is 10.4. The molecule has 0 amide bonds. The number of rotatable bonds is 6. The molecule has 5 nitrogen and oxygen atoms in total. The largest absolute Gasteiger partial charge is 0.351 e. The number of hydrogen-bond donors (Lipinski definition) is 1. The predicted molar refractivity (Wildman–Crippen MR) is 75.7 cm³/mol. The average molecular weight is 257 g/mol. The van der Waals surface area contributed by atoms with Crippen LogP contribution in [0.2, 0.25) is 0 Å². The van der Waals surface area contributed by atoms with Gasteiger partial charge in [0, 0.05) is 37.9 Å². The van der Waals surface area contributed by atoms with Gasteiger partial charge in [-0.05, 0) is 31.5 Å². The van der Waals surface area contributed by atoms with E-state index in [2.05, 4.69) is 25.9 Å². The van der Waals surface area contributed by atoms with E-state index in [-0.39, 0.29) is 0 Å². The summed E-state index contributed by atoms with van der Waals surface area (Å²) in [6.45, 7) is 4.28. The summed E-state index contributed by atoms with van der Waals surface area (Å²) >= 11 is 0. The highest BCUT2D eigenvalue weighted by Gasteiger charge is 2.11. The molecular weight excluding hydrogens is 238 g/mol. The molecule has 0 atom stereocenters. The van der Waals surface area contributed by atoms with Gasteiger partial charge in [0.15, 0.2) is 0 Å². The maximum atomic E-state index is 5.61. The zero-order valence-electron chi connectivity index (χ0n) is 11.2. The van der Waals surface area contributed by atoms with Crippen LogP contribution in [0.5, 0.6) is 0 Å². The van der Waals surface area contributed by atoms with Crippen molar-refractivity contribution in [2.75, 3.05) is 18.0 Å². The lowest BCUT2D eigenvalue weighted by molar-refractivity contribution is 0.719. The summed E-state index contributed by atoms with van der Waals surface area (Å²) in [5.41, 5.74) is 7.70. The molecule has 0 saturated carbocycles. The van der Waals surface area contributed by atoms with Crippen LogP contribution < -0.4 is 10.6 Å². The molecular formula is C14H19N5. The molecule has 0 aliphatic heterocycles. The molecule has 5 heteroatoms. The maximum Gasteiger partial charge on any atom is 0.150 e. The lowest BCUT2D eigenvalue weighted by Crippen LogP contribution is -2.27. The number of aryl methyl sites for hydroxylation is 1. The Morgan fingerprint density at radius 2 is 2.05 bits per heavy atom. The van der Waals surface area contributed by atoms with Gasteiger partial charge in [-0.3, -0.25) is 9.97 Å². The van der Waals surface area contributed by atoms with E-state index in [0.29, 0.717) is 6.54 Å². The van der Waals surface area contributed by atoms with Gasteiger partial charge in [0.2, 0.25) is 0 Å². The molecule has 0 aliphatic rings. The molecule has 0 saturated heterocycles. The van der Waals surface area contributed by atoms with Crippen LogP contribution in [0.4, 0.5) is 5.82 Å². The van der Waals surface area contributed by atoms with Crippen molar-refractivity contribution in [1.29, 1.82) is 0 Å². The summed E-state index contributed by atoms with van der Waals surface area (Å²) in [4.78, 5) is 15.1. The molecule has 2 N–H and O–H groups in total. The molecule has 2 heterocycles. The van der Waals surface area contributed by atoms with Gasteiger partial charge >= 0.3 is 0 Å². The third kappa shape index (κ3) is 3.72. The highest BCUT2D eigenvalue weighted by atomic mass is 15.2. The van der Waals surface area contributed by atoms with Crippen molar-refractivity contribution in [2.24, 2.45) is 5.73 Å². The van der Waals surface area contributed by atoms with Gasteiger partial charge in [0.05, 0.1) is 5.69 Å². The van der Waals surface area contributed by atoms with Crippen molar-refractivity contribution in [2.45, 2.75) is 19.9 Å². The number of pyridine rings is 1. The van der Waals surface area contributed by atoms with E-state index in [1.165, 1.54) is 0 Å². The molecule has 19 heavy (non-hydrogen) atoms. The third-order valence-corrected chi connectivity index (χ3v) is 2.88. The molecule has 0 bridgehead atoms. The Hall–Kier alpha value is -2.01. The molecule has 2 rings (SSSR count). The SMILES string of the molecule is Cc1nccnc1N(CCCN)Cc1cccnc1. The van der Waals surface area contributed by atoms with Crippen LogP contribution in [-0.2, 0) is 6.54 Å². The lowest BCUT2D eigenvalue weighted by atomic mass is 10.2. The Bertz CT molecular complexity index is 500. The van der Waals surface area contributed by atoms with E-state index in [1.54, 1.807) is 18.6 Å². The van der Waals surface area contributed by atoms with Crippen LogP contribution in [0.25, 0.3) is 0 Å². The maximum absolute atomic E-state index is 5.61. The topological polar surface area (TPSA) is 67.9 Å². The molecule has 0 radical (unpaired) electrons. The number of nitrogens with two attached hydrogens (primary N) is 1. The van der Waals surface area contributed by atoms with Gasteiger partial charge in [-0.25, -0.2) is 4.98 Å². The van der Waals surface area contributed by atoms with Crippen molar-refractivity contribution < 1.29 is 0 Å². The average Bonchev–Trinajstić information content (AvgIpc) is 2.45. The van der Waals surface area contributed by atoms with Crippen LogP contribution in [0, 0.1) is 6.92 Å². The van der Waals surface area contributed by atoms with Crippen molar-refractivity contribution in [3.8, 4) is 0 Å². The first-order chi connectivity index (χ1) is 9.31. The smallest absolute Gasteiger partial charge is 0.150 e. The van der Waals surface area contributed by atoms with Gasteiger partial charge in [-0.1, -0.05) is 6.07 Å². The minimum absolute atomic E-state index is 0.669. The predicted octanol–water partition coefficient (Wildman–Crippen LogP) is 1.54. The van der Waals surface area contributed by atoms with E-state index >= 15 is 0 Å². The molecule has 100 valence electrons. The van der Waals surface area contributed by atoms with Crippen molar-refractivity contribution >= 4 is 5.82 Å². The molecule has 0 unspecified atom stereocenters. The highest BCUT2D eigenvalue weighted by molar-refractivity contribution is 5.42. The highest BCUT2D eigenvalue weighted by Crippen LogP contribution is 2.17. The summed E-state index contributed by atoms with van der Waals surface area (Å²) in [6.07, 6.45) is 8.02. The Labute approximate surface area is 113 Å². The molecule has 0 fully saturated rings. The van der Waals surface area contributed by atoms with Gasteiger partial charge in [0.1, 0.15) is 5.82 Å². The monoisotopic (exact) mass is 257 g/mol. The van der Waals surface area contributed by atoms with Gasteiger partial charge in [0.25, 0.3) is 0 Å². The molecule has 0 aliphatic carbocycles. The second-order valence-electron chi connectivity index (χ2n) is 4.39. The van der Waals surface area contributed by atoms with Crippen molar-refractivity contribution in [3.05, 3.63) is 48.2 Å². The van der Waals surface area contributed by atoms with Gasteiger partial charge in [-0.15, -0.1) is 0 Å². The van der Waals surface area contributed by atoms with E-state index in [4.69, 9.17) is 5.73 Å². The number of aromatic nitrogens is 3. The Morgan fingerprint density at radius 1 is 1.21 bits per heavy atom. The summed E-state index contributed by atoms with van der Waals surface area (Å²) in [5, 5.41) is 0. The Balaban J connectivity index is 2.19. The first-order valence-electron chi connectivity index (χ1n) is 6.43. The minimum atomic E-state index is 0.669. The van der Waals surface area contributed by atoms with Gasteiger partial charge in [-0.2, -0.15) is 0 Å². The Morgan fingerprint density at radius 3 is 2.74 bits per heavy atom. The molecule has 0 aromatic carbocycles. The van der Waals surface area contributed by atoms with Crippen LogP contribution >= 0.6 is 0 Å². The zero-order chi connectivity index (χ0) is 13.5. The Kier molecular flexibility index (Phi) is 4.80. The molecule has 2 aromatic rings. The zero-order valence-corrected chi connectivity index (χ0v) is 11.2. The fraction of sp³-hybridized carbons (Fsp3) is 0.357. The second-order valence-corrected chi connectivity index (χ2v) is 4.39. The number of anilines is 1. The third-order valence-electron chi connectivity index (χ3n) is 2.88. The van der Waals surface area contributed by atoms with Crippen LogP contribution in [0.3, 0.4) is 0 Å². The van der Waals surface area contributed by atoms with Crippen LogP contribution in [0.15, 0.2) is 36.9 Å². The number of nitrogens with zero attached hydrogens (tertiary/aromatic N) is 4. The lowest BCUT2D eigenvalue weighted by Gasteiger charge is -2.24. The fourth-order valence-electron chi connectivity index (χ4n) is 1.96. The summed E-state index contributed by atoms with van der Waals surface area (Å²) < 4.78 is 0. The summed E-state index contributed by atoms with van der Waals surface area (Å²) in [5.74, 6) is 0.916. The molecule has 0 spiro atoms. The second kappa shape index (κ2) is 6.80. The number of hydrogen-bond acceptors (Lipinski definition) is 5. The van der Waals surface area contributed by atoms with Crippen molar-refractivity contribution in [1.82, 2.24) is 15.0 Å². The minimum Gasteiger partial charge on any atom is -0.351 e. The quantitative estimate of drug-likeness (QED) is 0.850. The van der Waals surface area contributed by atoms with E-state index in [0.717, 1.165) is 36.6 Å². The van der Waals surface area contributed by atoms with E-state index in [9.17, 15) is 0 Å². The van der Waals surface area contributed by atoms with Crippen LogP contribution in [-0.4, -0.2) is 28.0 Å². The standard InChI is InChI=1S/C14H19N5/c1-12-14(18-8-7-17-12)19(9-3-5-15)11-13-4-2-6-16-10-13/h2,4,6-8,10H,3,5,9,11,15H2,1H3. The first kappa shape index (κ1) is 13.4.